The number of amides is 2. The number of nitrogens with zero attached hydrogens (tertiary/aromatic N) is 1. The van der Waals surface area contributed by atoms with Gasteiger partial charge in [-0.15, -0.1) is 0 Å². The Morgan fingerprint density at radius 3 is 2.65 bits per heavy atom. The second kappa shape index (κ2) is 10.4. The number of anilines is 1. The van der Waals surface area contributed by atoms with E-state index in [1.807, 2.05) is 25.1 Å². The molecule has 2 aromatic carbocycles. The highest BCUT2D eigenvalue weighted by atomic mass is 16.5. The molecule has 0 aliphatic carbocycles. The van der Waals surface area contributed by atoms with Crippen LogP contribution in [0.5, 0.6) is 5.75 Å². The third-order valence-electron chi connectivity index (χ3n) is 5.52. The SMILES string of the molecule is CO[C@H]1CN(C)C(=O)c2cc(NC(=O)c3ccccc3)ccc2OC[C@H](C)NC[C@H]1C. The quantitative estimate of drug-likeness (QED) is 0.790. The van der Waals surface area contributed by atoms with Crippen molar-refractivity contribution in [3.05, 3.63) is 59.7 Å². The van der Waals surface area contributed by atoms with Crippen LogP contribution in [0.1, 0.15) is 34.6 Å². The Kier molecular flexibility index (Phi) is 7.65. The van der Waals surface area contributed by atoms with E-state index in [-0.39, 0.29) is 29.9 Å². The average Bonchev–Trinajstić information content (AvgIpc) is 2.79. The molecular weight excluding hydrogens is 394 g/mol. The number of rotatable bonds is 3. The first-order chi connectivity index (χ1) is 14.9. The van der Waals surface area contributed by atoms with Gasteiger partial charge in [0.25, 0.3) is 11.8 Å². The minimum absolute atomic E-state index is 0.0987. The van der Waals surface area contributed by atoms with Crippen molar-refractivity contribution in [1.82, 2.24) is 10.2 Å². The van der Waals surface area contributed by atoms with Crippen LogP contribution >= 0.6 is 0 Å². The largest absolute Gasteiger partial charge is 0.491 e. The molecular formula is C24H31N3O4. The monoisotopic (exact) mass is 425 g/mol. The molecule has 0 bridgehead atoms. The molecule has 0 fully saturated rings. The first kappa shape index (κ1) is 22.8. The summed E-state index contributed by atoms with van der Waals surface area (Å²) in [6.45, 7) is 5.78. The molecule has 3 atom stereocenters. The summed E-state index contributed by atoms with van der Waals surface area (Å²) in [6, 6.07) is 14.2. The van der Waals surface area contributed by atoms with Crippen LogP contribution in [-0.2, 0) is 4.74 Å². The lowest BCUT2D eigenvalue weighted by molar-refractivity contribution is 0.0281. The van der Waals surface area contributed by atoms with E-state index < -0.39 is 0 Å². The number of carbonyl (C=O) groups is 2. The normalized spacial score (nSPS) is 22.5. The maximum absolute atomic E-state index is 13.3. The highest BCUT2D eigenvalue weighted by Gasteiger charge is 2.25. The summed E-state index contributed by atoms with van der Waals surface area (Å²) >= 11 is 0. The van der Waals surface area contributed by atoms with Gasteiger partial charge in [-0.2, -0.15) is 0 Å². The van der Waals surface area contributed by atoms with Gasteiger partial charge in [-0.1, -0.05) is 25.1 Å². The third kappa shape index (κ3) is 5.83. The van der Waals surface area contributed by atoms with Gasteiger partial charge in [0.2, 0.25) is 0 Å². The van der Waals surface area contributed by atoms with Crippen molar-refractivity contribution in [2.75, 3.05) is 39.2 Å². The minimum Gasteiger partial charge on any atom is -0.491 e. The van der Waals surface area contributed by atoms with Gasteiger partial charge in [-0.05, 0) is 43.2 Å². The Bertz CT molecular complexity index is 903. The number of ether oxygens (including phenoxy) is 2. The fourth-order valence-corrected chi connectivity index (χ4v) is 3.53. The lowest BCUT2D eigenvalue weighted by atomic mass is 10.0. The zero-order chi connectivity index (χ0) is 22.4. The molecule has 2 aromatic rings. The van der Waals surface area contributed by atoms with Gasteiger partial charge in [0.15, 0.2) is 0 Å². The van der Waals surface area contributed by atoms with E-state index >= 15 is 0 Å². The van der Waals surface area contributed by atoms with Gasteiger partial charge in [-0.3, -0.25) is 9.59 Å². The number of likely N-dealkylation sites (N-methyl/N-ethyl adjacent to an activating group) is 1. The van der Waals surface area contributed by atoms with Crippen LogP contribution in [0, 0.1) is 5.92 Å². The molecule has 7 nitrogen and oxygen atoms in total. The van der Waals surface area contributed by atoms with Crippen LogP contribution in [0.2, 0.25) is 0 Å². The fourth-order valence-electron chi connectivity index (χ4n) is 3.53. The Labute approximate surface area is 183 Å². The third-order valence-corrected chi connectivity index (χ3v) is 5.52. The number of carbonyl (C=O) groups excluding carboxylic acids is 2. The van der Waals surface area contributed by atoms with E-state index in [0.29, 0.717) is 35.7 Å². The van der Waals surface area contributed by atoms with E-state index in [2.05, 4.69) is 17.6 Å². The van der Waals surface area contributed by atoms with Gasteiger partial charge < -0.3 is 25.0 Å². The highest BCUT2D eigenvalue weighted by molar-refractivity contribution is 6.05. The molecule has 0 radical (unpaired) electrons. The molecule has 2 N–H and O–H groups in total. The van der Waals surface area contributed by atoms with E-state index in [1.165, 1.54) is 0 Å². The summed E-state index contributed by atoms with van der Waals surface area (Å²) in [5, 5.41) is 6.33. The van der Waals surface area contributed by atoms with Crippen LogP contribution in [-0.4, -0.2) is 62.7 Å². The maximum atomic E-state index is 13.3. The molecule has 2 amide bonds. The number of hydrogen-bond acceptors (Lipinski definition) is 5. The molecule has 166 valence electrons. The van der Waals surface area contributed by atoms with E-state index in [9.17, 15) is 9.59 Å². The number of methoxy groups -OCH3 is 1. The first-order valence-corrected chi connectivity index (χ1v) is 10.5. The molecule has 1 heterocycles. The van der Waals surface area contributed by atoms with Crippen LogP contribution in [0.4, 0.5) is 5.69 Å². The zero-order valence-corrected chi connectivity index (χ0v) is 18.6. The second-order valence-electron chi connectivity index (χ2n) is 8.09. The molecule has 0 saturated heterocycles. The number of hydrogen-bond donors (Lipinski definition) is 2. The van der Waals surface area contributed by atoms with Crippen LogP contribution in [0.3, 0.4) is 0 Å². The van der Waals surface area contributed by atoms with Gasteiger partial charge >= 0.3 is 0 Å². The minimum atomic E-state index is -0.235. The Hall–Kier alpha value is -2.90. The summed E-state index contributed by atoms with van der Waals surface area (Å²) in [5.41, 5.74) is 1.49. The lowest BCUT2D eigenvalue weighted by Gasteiger charge is -2.30. The summed E-state index contributed by atoms with van der Waals surface area (Å²) in [5.74, 6) is 0.298. The molecule has 0 unspecified atom stereocenters. The number of nitrogens with one attached hydrogen (secondary N) is 2. The van der Waals surface area contributed by atoms with Gasteiger partial charge in [0, 0.05) is 44.5 Å². The molecule has 0 saturated carbocycles. The van der Waals surface area contributed by atoms with E-state index in [4.69, 9.17) is 9.47 Å². The molecule has 1 aliphatic rings. The van der Waals surface area contributed by atoms with Gasteiger partial charge in [0.05, 0.1) is 11.7 Å². The zero-order valence-electron chi connectivity index (χ0n) is 18.6. The van der Waals surface area contributed by atoms with Crippen molar-refractivity contribution in [2.45, 2.75) is 26.0 Å². The van der Waals surface area contributed by atoms with Gasteiger partial charge in [0.1, 0.15) is 12.4 Å². The van der Waals surface area contributed by atoms with Crippen LogP contribution in [0.15, 0.2) is 48.5 Å². The standard InChI is InChI=1S/C24H31N3O4/c1-16-13-25-17(2)15-31-21-11-10-19(26-23(28)18-8-6-5-7-9-18)12-20(21)24(29)27(3)14-22(16)30-4/h5-12,16-17,22,25H,13-15H2,1-4H3,(H,26,28)/t16-,17+,22+/m1/s1. The fraction of sp³-hybridized carbons (Fsp3) is 0.417. The Morgan fingerprint density at radius 1 is 1.19 bits per heavy atom. The summed E-state index contributed by atoms with van der Waals surface area (Å²) in [6.07, 6.45) is -0.0987. The van der Waals surface area contributed by atoms with Crippen molar-refractivity contribution in [2.24, 2.45) is 5.92 Å². The topological polar surface area (TPSA) is 79.9 Å². The summed E-state index contributed by atoms with van der Waals surface area (Å²) in [4.78, 5) is 27.4. The highest BCUT2D eigenvalue weighted by Crippen LogP contribution is 2.26. The lowest BCUT2D eigenvalue weighted by Crippen LogP contribution is -2.44. The maximum Gasteiger partial charge on any atom is 0.257 e. The average molecular weight is 426 g/mol. The van der Waals surface area contributed by atoms with Crippen molar-refractivity contribution >= 4 is 17.5 Å². The smallest absolute Gasteiger partial charge is 0.257 e. The number of benzene rings is 2. The van der Waals surface area contributed by atoms with Crippen LogP contribution in [0.25, 0.3) is 0 Å². The predicted molar refractivity (Wildman–Crippen MR) is 121 cm³/mol. The second-order valence-corrected chi connectivity index (χ2v) is 8.09. The van der Waals surface area contributed by atoms with Crippen molar-refractivity contribution in [3.63, 3.8) is 0 Å². The molecule has 31 heavy (non-hydrogen) atoms. The van der Waals surface area contributed by atoms with Gasteiger partial charge in [-0.25, -0.2) is 0 Å². The van der Waals surface area contributed by atoms with Crippen LogP contribution < -0.4 is 15.4 Å². The molecule has 7 heteroatoms. The molecule has 0 spiro atoms. The summed E-state index contributed by atoms with van der Waals surface area (Å²) in [7, 11) is 3.42. The Balaban J connectivity index is 1.88. The van der Waals surface area contributed by atoms with Crippen molar-refractivity contribution < 1.29 is 19.1 Å². The van der Waals surface area contributed by atoms with Crippen molar-refractivity contribution in [1.29, 1.82) is 0 Å². The summed E-state index contributed by atoms with van der Waals surface area (Å²) < 4.78 is 11.6. The molecule has 1 aliphatic heterocycles. The molecule has 3 rings (SSSR count). The van der Waals surface area contributed by atoms with E-state index in [1.54, 1.807) is 49.4 Å². The molecule has 0 aromatic heterocycles. The van der Waals surface area contributed by atoms with Crippen molar-refractivity contribution in [3.8, 4) is 5.75 Å². The van der Waals surface area contributed by atoms with E-state index in [0.717, 1.165) is 6.54 Å². The Morgan fingerprint density at radius 2 is 1.94 bits per heavy atom. The number of fused-ring (bicyclic) bond motifs is 1. The first-order valence-electron chi connectivity index (χ1n) is 10.5. The predicted octanol–water partition coefficient (Wildman–Crippen LogP) is 3.03.